The second kappa shape index (κ2) is 2.21. The largest absolute Gasteiger partial charge is 0.382 e. The van der Waals surface area contributed by atoms with Crippen LogP contribution >= 0.6 is 0 Å². The van der Waals surface area contributed by atoms with E-state index in [9.17, 15) is 0 Å². The third-order valence-corrected chi connectivity index (χ3v) is 2.50. The van der Waals surface area contributed by atoms with Crippen LogP contribution in [0.15, 0.2) is 0 Å². The van der Waals surface area contributed by atoms with Gasteiger partial charge in [-0.2, -0.15) is 0 Å². The van der Waals surface area contributed by atoms with Crippen molar-refractivity contribution in [3.8, 4) is 0 Å². The topological polar surface area (TPSA) is 18.5 Å². The fourth-order valence-electron chi connectivity index (χ4n) is 1.71. The van der Waals surface area contributed by atoms with E-state index in [-0.39, 0.29) is 0 Å². The Morgan fingerprint density at radius 2 is 2.30 bits per heavy atom. The van der Waals surface area contributed by atoms with E-state index < -0.39 is 0 Å². The van der Waals surface area contributed by atoms with E-state index in [1.54, 1.807) is 7.11 Å². The molecule has 1 saturated carbocycles. The first-order chi connectivity index (χ1) is 4.85. The second-order valence-corrected chi connectivity index (χ2v) is 3.42. The molecule has 0 unspecified atom stereocenters. The Morgan fingerprint density at radius 3 is 2.80 bits per heavy atom. The molecule has 1 heterocycles. The predicted octanol–water partition coefficient (Wildman–Crippen LogP) is 1.34. The van der Waals surface area contributed by atoms with Gasteiger partial charge in [0.25, 0.3) is 0 Å². The first kappa shape index (κ1) is 6.62. The molecule has 1 aliphatic heterocycles. The molecule has 0 aromatic heterocycles. The van der Waals surface area contributed by atoms with Crippen LogP contribution < -0.4 is 0 Å². The molecule has 2 nitrogen and oxygen atoms in total. The summed E-state index contributed by atoms with van der Waals surface area (Å²) in [7, 11) is 1.74. The van der Waals surface area contributed by atoms with E-state index in [1.165, 1.54) is 25.7 Å². The van der Waals surface area contributed by atoms with Gasteiger partial charge in [-0.05, 0) is 25.7 Å². The average Bonchev–Trinajstić information content (AvgIpc) is 2.52. The molecule has 2 heteroatoms. The molecule has 2 rings (SSSR count). The maximum Gasteiger partial charge on any atom is 0.0816 e. The summed E-state index contributed by atoms with van der Waals surface area (Å²) < 4.78 is 10.8. The molecule has 10 heavy (non-hydrogen) atoms. The van der Waals surface area contributed by atoms with Crippen molar-refractivity contribution in [1.82, 2.24) is 0 Å². The summed E-state index contributed by atoms with van der Waals surface area (Å²) >= 11 is 0. The van der Waals surface area contributed by atoms with Crippen molar-refractivity contribution in [3.63, 3.8) is 0 Å². The van der Waals surface area contributed by atoms with Gasteiger partial charge in [-0.15, -0.1) is 0 Å². The van der Waals surface area contributed by atoms with Crippen molar-refractivity contribution >= 4 is 0 Å². The Bertz CT molecular complexity index is 129. The quantitative estimate of drug-likeness (QED) is 0.579. The van der Waals surface area contributed by atoms with E-state index in [4.69, 9.17) is 9.47 Å². The lowest BCUT2D eigenvalue weighted by Gasteiger charge is -2.10. The van der Waals surface area contributed by atoms with E-state index in [1.807, 2.05) is 0 Å². The number of methoxy groups -OCH3 is 1. The Kier molecular flexibility index (Phi) is 1.46. The lowest BCUT2D eigenvalue weighted by molar-refractivity contribution is -0.0134. The molecule has 2 fully saturated rings. The number of hydrogen-bond donors (Lipinski definition) is 0. The van der Waals surface area contributed by atoms with E-state index in [0.717, 1.165) is 6.61 Å². The van der Waals surface area contributed by atoms with Crippen molar-refractivity contribution in [2.45, 2.75) is 37.4 Å². The summed E-state index contributed by atoms with van der Waals surface area (Å²) in [5.74, 6) is 0. The molecule has 2 aliphatic rings. The van der Waals surface area contributed by atoms with E-state index in [0.29, 0.717) is 11.7 Å². The fraction of sp³-hybridized carbons (Fsp3) is 1.00. The summed E-state index contributed by atoms with van der Waals surface area (Å²) in [4.78, 5) is 0. The van der Waals surface area contributed by atoms with E-state index in [2.05, 4.69) is 0 Å². The smallest absolute Gasteiger partial charge is 0.0816 e. The molecule has 1 saturated heterocycles. The zero-order valence-corrected chi connectivity index (χ0v) is 6.43. The molecule has 0 radical (unpaired) electrons. The Labute approximate surface area is 61.5 Å². The molecule has 0 aromatic rings. The van der Waals surface area contributed by atoms with Crippen molar-refractivity contribution in [2.24, 2.45) is 0 Å². The SMILES string of the molecule is COC[C@@H]1CCC2(CC2)O1. The highest BCUT2D eigenvalue weighted by Gasteiger charge is 2.49. The minimum absolute atomic E-state index is 0.337. The van der Waals surface area contributed by atoms with Crippen LogP contribution in [0.2, 0.25) is 0 Å². The van der Waals surface area contributed by atoms with Gasteiger partial charge in [0, 0.05) is 7.11 Å². The zero-order valence-electron chi connectivity index (χ0n) is 6.43. The number of rotatable bonds is 2. The summed E-state index contributed by atoms with van der Waals surface area (Å²) in [5.41, 5.74) is 0.337. The summed E-state index contributed by atoms with van der Waals surface area (Å²) in [5, 5.41) is 0. The molecule has 0 amide bonds. The van der Waals surface area contributed by atoms with Crippen LogP contribution in [0.5, 0.6) is 0 Å². The van der Waals surface area contributed by atoms with Crippen molar-refractivity contribution in [3.05, 3.63) is 0 Å². The number of hydrogen-bond acceptors (Lipinski definition) is 2. The van der Waals surface area contributed by atoms with Crippen LogP contribution in [0.3, 0.4) is 0 Å². The lowest BCUT2D eigenvalue weighted by atomic mass is 10.2. The summed E-state index contributed by atoms with van der Waals surface area (Å²) in [6.45, 7) is 0.780. The molecular weight excluding hydrogens is 128 g/mol. The first-order valence-electron chi connectivity index (χ1n) is 4.01. The molecule has 58 valence electrons. The van der Waals surface area contributed by atoms with Crippen molar-refractivity contribution < 1.29 is 9.47 Å². The summed E-state index contributed by atoms with van der Waals surface area (Å²) in [6, 6.07) is 0. The normalized spacial score (nSPS) is 35.1. The maximum atomic E-state index is 5.78. The molecule has 1 aliphatic carbocycles. The Balaban J connectivity index is 1.82. The highest BCUT2D eigenvalue weighted by Crippen LogP contribution is 2.49. The van der Waals surface area contributed by atoms with Crippen LogP contribution in [0.4, 0.5) is 0 Å². The molecule has 1 atom stereocenters. The summed E-state index contributed by atoms with van der Waals surface area (Å²) in [6.07, 6.45) is 5.43. The minimum Gasteiger partial charge on any atom is -0.382 e. The van der Waals surface area contributed by atoms with Gasteiger partial charge in [-0.3, -0.25) is 0 Å². The van der Waals surface area contributed by atoms with Crippen molar-refractivity contribution in [1.29, 1.82) is 0 Å². The van der Waals surface area contributed by atoms with Crippen LogP contribution in [0, 0.1) is 0 Å². The van der Waals surface area contributed by atoms with Crippen LogP contribution in [-0.2, 0) is 9.47 Å². The molecule has 0 bridgehead atoms. The highest BCUT2D eigenvalue weighted by atomic mass is 16.6. The molecular formula is C8H14O2. The number of ether oxygens (including phenoxy) is 2. The van der Waals surface area contributed by atoms with Gasteiger partial charge in [0.15, 0.2) is 0 Å². The van der Waals surface area contributed by atoms with Gasteiger partial charge in [0.1, 0.15) is 0 Å². The van der Waals surface area contributed by atoms with Gasteiger partial charge in [0.05, 0.1) is 18.3 Å². The molecule has 0 N–H and O–H groups in total. The van der Waals surface area contributed by atoms with E-state index >= 15 is 0 Å². The Morgan fingerprint density at radius 1 is 1.50 bits per heavy atom. The molecule has 1 spiro atoms. The highest BCUT2D eigenvalue weighted by molar-refractivity contribution is 5.00. The van der Waals surface area contributed by atoms with Gasteiger partial charge in [-0.25, -0.2) is 0 Å². The minimum atomic E-state index is 0.337. The van der Waals surface area contributed by atoms with Crippen molar-refractivity contribution in [2.75, 3.05) is 13.7 Å². The van der Waals surface area contributed by atoms with Crippen LogP contribution in [0.1, 0.15) is 25.7 Å². The monoisotopic (exact) mass is 142 g/mol. The fourth-order valence-corrected chi connectivity index (χ4v) is 1.71. The third kappa shape index (κ3) is 1.06. The zero-order chi connectivity index (χ0) is 7.03. The predicted molar refractivity (Wildman–Crippen MR) is 37.9 cm³/mol. The lowest BCUT2D eigenvalue weighted by Crippen LogP contribution is -2.16. The Hall–Kier alpha value is -0.0800. The second-order valence-electron chi connectivity index (χ2n) is 3.42. The van der Waals surface area contributed by atoms with Crippen LogP contribution in [-0.4, -0.2) is 25.4 Å². The third-order valence-electron chi connectivity index (χ3n) is 2.50. The molecule has 0 aromatic carbocycles. The first-order valence-corrected chi connectivity index (χ1v) is 4.01. The van der Waals surface area contributed by atoms with Gasteiger partial charge in [-0.1, -0.05) is 0 Å². The van der Waals surface area contributed by atoms with Gasteiger partial charge < -0.3 is 9.47 Å². The average molecular weight is 142 g/mol. The van der Waals surface area contributed by atoms with Gasteiger partial charge in [0.2, 0.25) is 0 Å². The van der Waals surface area contributed by atoms with Crippen LogP contribution in [0.25, 0.3) is 0 Å². The van der Waals surface area contributed by atoms with Gasteiger partial charge >= 0.3 is 0 Å². The maximum absolute atomic E-state index is 5.78. The standard InChI is InChI=1S/C8H14O2/c1-9-6-7-2-3-8(10-7)4-5-8/h7H,2-6H2,1H3/t7-/m0/s1.